The molecule has 0 spiro atoms. The third kappa shape index (κ3) is 4.66. The number of amides is 3. The van der Waals surface area contributed by atoms with Crippen LogP contribution in [0.25, 0.3) is 0 Å². The SMILES string of the molecule is O=C(Nc1cccc(F)c1)c1nnc([C@@H]2CCCN2C(=O)Nc2cc(F)ccc2F)s1. The van der Waals surface area contributed by atoms with Crippen molar-refractivity contribution in [1.82, 2.24) is 15.1 Å². The van der Waals surface area contributed by atoms with Gasteiger partial charge in [0.1, 0.15) is 22.5 Å². The predicted octanol–water partition coefficient (Wildman–Crippen LogP) is 4.58. The Hall–Kier alpha value is -3.47. The predicted molar refractivity (Wildman–Crippen MR) is 108 cm³/mol. The largest absolute Gasteiger partial charge is 0.322 e. The monoisotopic (exact) mass is 447 g/mol. The van der Waals surface area contributed by atoms with Gasteiger partial charge in [-0.05, 0) is 43.2 Å². The molecule has 1 saturated heterocycles. The standard InChI is InChI=1S/C20H16F3N5O2S/c21-11-3-1-4-13(9-11)24-17(29)19-27-26-18(31-19)16-5-2-8-28(16)20(30)25-15-10-12(22)6-7-14(15)23/h1,3-4,6-7,9-10,16H,2,5,8H2,(H,24,29)(H,25,30)/t16-/m0/s1. The molecule has 1 fully saturated rings. The van der Waals surface area contributed by atoms with Gasteiger partial charge in [0.15, 0.2) is 0 Å². The van der Waals surface area contributed by atoms with Crippen LogP contribution < -0.4 is 10.6 Å². The van der Waals surface area contributed by atoms with E-state index < -0.39 is 35.4 Å². The van der Waals surface area contributed by atoms with E-state index in [-0.39, 0.29) is 16.4 Å². The molecule has 2 heterocycles. The maximum Gasteiger partial charge on any atom is 0.322 e. The Morgan fingerprint density at radius 1 is 1.03 bits per heavy atom. The molecule has 2 N–H and O–H groups in total. The molecule has 1 aliphatic rings. The van der Waals surface area contributed by atoms with E-state index in [0.717, 1.165) is 29.5 Å². The van der Waals surface area contributed by atoms with Crippen molar-refractivity contribution in [1.29, 1.82) is 0 Å². The first kappa shape index (κ1) is 20.8. The number of aromatic nitrogens is 2. The molecule has 0 unspecified atom stereocenters. The zero-order valence-electron chi connectivity index (χ0n) is 15.9. The number of likely N-dealkylation sites (tertiary alicyclic amines) is 1. The van der Waals surface area contributed by atoms with E-state index in [1.165, 1.54) is 29.2 Å². The van der Waals surface area contributed by atoms with Crippen LogP contribution in [0.2, 0.25) is 0 Å². The van der Waals surface area contributed by atoms with Crippen LogP contribution in [0.3, 0.4) is 0 Å². The second-order valence-corrected chi connectivity index (χ2v) is 7.82. The van der Waals surface area contributed by atoms with Gasteiger partial charge in [-0.1, -0.05) is 17.4 Å². The molecule has 1 aromatic heterocycles. The van der Waals surface area contributed by atoms with Crippen molar-refractivity contribution in [3.63, 3.8) is 0 Å². The van der Waals surface area contributed by atoms with E-state index in [9.17, 15) is 22.8 Å². The summed E-state index contributed by atoms with van der Waals surface area (Å²) in [5, 5.41) is 13.3. The molecule has 160 valence electrons. The summed E-state index contributed by atoms with van der Waals surface area (Å²) in [6, 6.07) is 7.17. The molecule has 0 bridgehead atoms. The second-order valence-electron chi connectivity index (χ2n) is 6.82. The maximum atomic E-state index is 13.8. The first-order valence-electron chi connectivity index (χ1n) is 9.34. The van der Waals surface area contributed by atoms with E-state index >= 15 is 0 Å². The highest BCUT2D eigenvalue weighted by Gasteiger charge is 2.33. The third-order valence-electron chi connectivity index (χ3n) is 4.69. The van der Waals surface area contributed by atoms with Crippen molar-refractivity contribution < 1.29 is 22.8 Å². The van der Waals surface area contributed by atoms with Gasteiger partial charge in [-0.15, -0.1) is 10.2 Å². The molecular weight excluding hydrogens is 431 g/mol. The fourth-order valence-electron chi connectivity index (χ4n) is 3.26. The number of anilines is 2. The number of urea groups is 1. The van der Waals surface area contributed by atoms with Gasteiger partial charge in [-0.25, -0.2) is 18.0 Å². The summed E-state index contributed by atoms with van der Waals surface area (Å²) < 4.78 is 40.5. The smallest absolute Gasteiger partial charge is 0.320 e. The van der Waals surface area contributed by atoms with Crippen LogP contribution in [-0.2, 0) is 0 Å². The van der Waals surface area contributed by atoms with E-state index in [1.54, 1.807) is 0 Å². The van der Waals surface area contributed by atoms with Crippen LogP contribution in [0.5, 0.6) is 0 Å². The molecule has 7 nitrogen and oxygen atoms in total. The number of nitrogens with one attached hydrogen (secondary N) is 2. The van der Waals surface area contributed by atoms with Crippen molar-refractivity contribution in [2.24, 2.45) is 0 Å². The lowest BCUT2D eigenvalue weighted by atomic mass is 10.2. The lowest BCUT2D eigenvalue weighted by Gasteiger charge is -2.23. The molecule has 31 heavy (non-hydrogen) atoms. The average Bonchev–Trinajstić information content (AvgIpc) is 3.40. The number of hydrogen-bond donors (Lipinski definition) is 2. The van der Waals surface area contributed by atoms with Gasteiger partial charge in [0, 0.05) is 18.3 Å². The first-order chi connectivity index (χ1) is 14.9. The van der Waals surface area contributed by atoms with Gasteiger partial charge in [0.05, 0.1) is 11.7 Å². The van der Waals surface area contributed by atoms with Crippen molar-refractivity contribution in [3.05, 3.63) is 69.9 Å². The molecule has 0 saturated carbocycles. The second kappa shape index (κ2) is 8.72. The number of hydrogen-bond acceptors (Lipinski definition) is 5. The summed E-state index contributed by atoms with van der Waals surface area (Å²) >= 11 is 1.01. The minimum atomic E-state index is -0.752. The molecule has 3 amide bonds. The quantitative estimate of drug-likeness (QED) is 0.613. The Balaban J connectivity index is 1.46. The normalized spacial score (nSPS) is 15.7. The lowest BCUT2D eigenvalue weighted by Crippen LogP contribution is -2.34. The molecule has 1 atom stereocenters. The number of halogens is 3. The Labute approximate surface area is 178 Å². The van der Waals surface area contributed by atoms with Crippen LogP contribution in [-0.4, -0.2) is 33.6 Å². The van der Waals surface area contributed by atoms with Gasteiger partial charge in [-0.2, -0.15) is 0 Å². The minimum absolute atomic E-state index is 0.0581. The van der Waals surface area contributed by atoms with Gasteiger partial charge in [0.2, 0.25) is 5.01 Å². The maximum absolute atomic E-state index is 13.8. The Morgan fingerprint density at radius 3 is 2.65 bits per heavy atom. The first-order valence-corrected chi connectivity index (χ1v) is 10.2. The van der Waals surface area contributed by atoms with Crippen molar-refractivity contribution >= 4 is 34.6 Å². The minimum Gasteiger partial charge on any atom is -0.320 e. The summed E-state index contributed by atoms with van der Waals surface area (Å²) in [7, 11) is 0. The molecular formula is C20H16F3N5O2S. The zero-order valence-corrected chi connectivity index (χ0v) is 16.8. The summed E-state index contributed by atoms with van der Waals surface area (Å²) in [4.78, 5) is 26.5. The van der Waals surface area contributed by atoms with Crippen LogP contribution in [0.1, 0.15) is 33.7 Å². The average molecular weight is 447 g/mol. The summed E-state index contributed by atoms with van der Waals surface area (Å²) in [6.07, 6.45) is 1.26. The highest BCUT2D eigenvalue weighted by atomic mass is 32.1. The van der Waals surface area contributed by atoms with Crippen molar-refractivity contribution in [3.8, 4) is 0 Å². The highest BCUT2D eigenvalue weighted by molar-refractivity contribution is 7.13. The molecule has 0 aliphatic carbocycles. The molecule has 4 rings (SSSR count). The van der Waals surface area contributed by atoms with Gasteiger partial charge >= 0.3 is 6.03 Å². The van der Waals surface area contributed by atoms with E-state index in [2.05, 4.69) is 20.8 Å². The molecule has 11 heteroatoms. The van der Waals surface area contributed by atoms with E-state index in [1.807, 2.05) is 0 Å². The Morgan fingerprint density at radius 2 is 1.84 bits per heavy atom. The van der Waals surface area contributed by atoms with E-state index in [4.69, 9.17) is 0 Å². The number of nitrogens with zero attached hydrogens (tertiary/aromatic N) is 3. The van der Waals surface area contributed by atoms with Gasteiger partial charge in [0.25, 0.3) is 5.91 Å². The Bertz CT molecular complexity index is 1140. The molecule has 3 aromatic rings. The van der Waals surface area contributed by atoms with Crippen molar-refractivity contribution in [2.45, 2.75) is 18.9 Å². The number of rotatable bonds is 4. The molecule has 2 aromatic carbocycles. The number of carbonyl (C=O) groups is 2. The van der Waals surface area contributed by atoms with Gasteiger partial charge < -0.3 is 15.5 Å². The van der Waals surface area contributed by atoms with Crippen LogP contribution in [0, 0.1) is 17.5 Å². The van der Waals surface area contributed by atoms with Crippen molar-refractivity contribution in [2.75, 3.05) is 17.2 Å². The topological polar surface area (TPSA) is 87.2 Å². The van der Waals surface area contributed by atoms with E-state index in [0.29, 0.717) is 24.4 Å². The highest BCUT2D eigenvalue weighted by Crippen LogP contribution is 2.34. The fraction of sp³-hybridized carbons (Fsp3) is 0.200. The molecule has 0 radical (unpaired) electrons. The summed E-state index contributed by atoms with van der Waals surface area (Å²) in [5.41, 5.74) is 0.0174. The zero-order chi connectivity index (χ0) is 22.0. The number of benzene rings is 2. The van der Waals surface area contributed by atoms with Gasteiger partial charge in [-0.3, -0.25) is 4.79 Å². The summed E-state index contributed by atoms with van der Waals surface area (Å²) in [6.45, 7) is 0.387. The molecule has 1 aliphatic heterocycles. The number of carbonyl (C=O) groups excluding carboxylic acids is 2. The summed E-state index contributed by atoms with van der Waals surface area (Å²) in [5.74, 6) is -2.46. The third-order valence-corrected chi connectivity index (χ3v) is 5.71. The Kier molecular flexibility index (Phi) is 5.85. The van der Waals surface area contributed by atoms with Crippen LogP contribution >= 0.6 is 11.3 Å². The van der Waals surface area contributed by atoms with Crippen LogP contribution in [0.15, 0.2) is 42.5 Å². The fourth-order valence-corrected chi connectivity index (χ4v) is 4.14. The lowest BCUT2D eigenvalue weighted by molar-refractivity contribution is 0.102. The van der Waals surface area contributed by atoms with Crippen LogP contribution in [0.4, 0.5) is 29.3 Å².